The first-order chi connectivity index (χ1) is 9.07. The van der Waals surface area contributed by atoms with Crippen LogP contribution in [0.3, 0.4) is 0 Å². The second kappa shape index (κ2) is 9.76. The van der Waals surface area contributed by atoms with Gasteiger partial charge in [0.15, 0.2) is 0 Å². The first-order valence-corrected chi connectivity index (χ1v) is 16.3. The van der Waals surface area contributed by atoms with Gasteiger partial charge in [0.1, 0.15) is 0 Å². The van der Waals surface area contributed by atoms with Crippen molar-refractivity contribution in [1.29, 1.82) is 0 Å². The zero-order valence-corrected chi connectivity index (χ0v) is 19.9. The van der Waals surface area contributed by atoms with E-state index in [4.69, 9.17) is 0 Å². The molecular weight excluding hydrogens is 361 g/mol. The molecule has 0 aromatic rings. The van der Waals surface area contributed by atoms with Crippen LogP contribution in [0.1, 0.15) is 69.2 Å². The summed E-state index contributed by atoms with van der Waals surface area (Å²) in [5.74, 6) is 0. The van der Waals surface area contributed by atoms with Crippen LogP contribution in [0.15, 0.2) is 11.1 Å². The minimum absolute atomic E-state index is 0.922. The summed E-state index contributed by atoms with van der Waals surface area (Å²) in [5, 5.41) is 2.95. The van der Waals surface area contributed by atoms with E-state index in [9.17, 15) is 0 Å². The van der Waals surface area contributed by atoms with Crippen molar-refractivity contribution < 1.29 is 0 Å². The van der Waals surface area contributed by atoms with E-state index in [0.717, 1.165) is 19.0 Å². The molecule has 0 N–H and O–H groups in total. The first-order valence-electron chi connectivity index (χ1n) is 8.44. The Morgan fingerprint density at radius 1 is 0.550 bits per heavy atom. The molecule has 0 nitrogen and oxygen atoms in total. The molecule has 0 aliphatic carbocycles. The Bertz CT molecular complexity index is 255. The molecule has 2 radical (unpaired) electrons. The molecule has 118 valence electrons. The Morgan fingerprint density at radius 2 is 0.750 bits per heavy atom. The van der Waals surface area contributed by atoms with E-state index in [-0.39, 0.29) is 0 Å². The van der Waals surface area contributed by atoms with Gasteiger partial charge in [-0.05, 0) is 0 Å². The van der Waals surface area contributed by atoms with Gasteiger partial charge in [-0.2, -0.15) is 0 Å². The molecule has 0 heterocycles. The van der Waals surface area contributed by atoms with Crippen molar-refractivity contribution in [3.8, 4) is 0 Å². The van der Waals surface area contributed by atoms with Crippen molar-refractivity contribution in [2.75, 3.05) is 0 Å². The van der Waals surface area contributed by atoms with Crippen molar-refractivity contribution in [1.82, 2.24) is 0 Å². The van der Waals surface area contributed by atoms with Gasteiger partial charge < -0.3 is 0 Å². The Hall–Kier alpha value is 0.826. The van der Waals surface area contributed by atoms with Crippen molar-refractivity contribution in [3.05, 3.63) is 11.1 Å². The fourth-order valence-corrected chi connectivity index (χ4v) is 15.9. The topological polar surface area (TPSA) is 0 Å². The van der Waals surface area contributed by atoms with Gasteiger partial charge in [-0.25, -0.2) is 0 Å². The predicted octanol–water partition coefficient (Wildman–Crippen LogP) is 6.95. The average molecular weight is 400 g/mol. The Kier molecular flexibility index (Phi) is 10.2. The van der Waals surface area contributed by atoms with Gasteiger partial charge in [-0.15, -0.1) is 0 Å². The van der Waals surface area contributed by atoms with Crippen LogP contribution >= 0.6 is 0 Å². The van der Waals surface area contributed by atoms with Crippen molar-refractivity contribution in [2.45, 2.75) is 98.7 Å². The fourth-order valence-electron chi connectivity index (χ4n) is 3.06. The molecular formula is C18H38Ge2. The van der Waals surface area contributed by atoms with Crippen LogP contribution in [0.25, 0.3) is 0 Å². The standard InChI is InChI=1S/C18H38Ge2/c1-13(2)19(14(3)4)11-17(9)18(10)12-20(15(5)6)16(7)8/h13-16H,11-12H2,1-10H3/b18-17-. The maximum atomic E-state index is 2.46. The molecule has 0 atom stereocenters. The Labute approximate surface area is 138 Å². The molecule has 2 heteroatoms. The van der Waals surface area contributed by atoms with Crippen LogP contribution in [0.4, 0.5) is 0 Å². The third-order valence-corrected chi connectivity index (χ3v) is 21.0. The van der Waals surface area contributed by atoms with E-state index in [1.165, 1.54) is 10.5 Å². The Morgan fingerprint density at radius 3 is 0.900 bits per heavy atom. The summed E-state index contributed by atoms with van der Waals surface area (Å²) in [7, 11) is 0. The average Bonchev–Trinajstić information content (AvgIpc) is 2.30. The quantitative estimate of drug-likeness (QED) is 0.306. The molecule has 0 saturated carbocycles. The van der Waals surface area contributed by atoms with Crippen molar-refractivity contribution in [2.24, 2.45) is 0 Å². The second-order valence-electron chi connectivity index (χ2n) is 7.68. The molecule has 0 saturated heterocycles. The van der Waals surface area contributed by atoms with Gasteiger partial charge in [-0.1, -0.05) is 0 Å². The zero-order chi connectivity index (χ0) is 16.0. The molecule has 0 unspecified atom stereocenters. The van der Waals surface area contributed by atoms with E-state index in [2.05, 4.69) is 69.2 Å². The van der Waals surface area contributed by atoms with Crippen LogP contribution in [0, 0.1) is 0 Å². The molecule has 0 aliphatic rings. The molecule has 0 aliphatic heterocycles. The SMILES string of the molecule is C/C([CH2][Ge]([CH](C)C)[CH](C)C)=C(\C)[CH2][Ge]([CH](C)C)[CH](C)C. The maximum absolute atomic E-state index is 2.46. The molecule has 20 heavy (non-hydrogen) atoms. The van der Waals surface area contributed by atoms with Gasteiger partial charge in [0.05, 0.1) is 0 Å². The Balaban J connectivity index is 4.88. The van der Waals surface area contributed by atoms with Crippen molar-refractivity contribution in [3.63, 3.8) is 0 Å². The summed E-state index contributed by atoms with van der Waals surface area (Å²) in [5.41, 5.74) is 3.52. The predicted molar refractivity (Wildman–Crippen MR) is 99.9 cm³/mol. The molecule has 0 spiro atoms. The van der Waals surface area contributed by atoms with Gasteiger partial charge >= 0.3 is 139 Å². The van der Waals surface area contributed by atoms with Crippen LogP contribution in [0.5, 0.6) is 0 Å². The third-order valence-electron chi connectivity index (χ3n) is 4.63. The summed E-state index contributed by atoms with van der Waals surface area (Å²) in [6.07, 6.45) is 0. The van der Waals surface area contributed by atoms with E-state index in [1.807, 2.05) is 0 Å². The minimum atomic E-state index is -0.922. The number of hydrogen-bond acceptors (Lipinski definition) is 0. The van der Waals surface area contributed by atoms with E-state index < -0.39 is 28.7 Å². The first kappa shape index (κ1) is 20.8. The van der Waals surface area contributed by atoms with Crippen LogP contribution in [-0.4, -0.2) is 28.7 Å². The molecule has 0 amide bonds. The summed E-state index contributed by atoms with van der Waals surface area (Å²) in [4.78, 5) is 0. The monoisotopic (exact) mass is 402 g/mol. The van der Waals surface area contributed by atoms with Gasteiger partial charge in [-0.3, -0.25) is 0 Å². The number of hydrogen-bond donors (Lipinski definition) is 0. The normalized spacial score (nSPS) is 14.4. The van der Waals surface area contributed by atoms with Gasteiger partial charge in [0, 0.05) is 0 Å². The van der Waals surface area contributed by atoms with Gasteiger partial charge in [0.2, 0.25) is 0 Å². The van der Waals surface area contributed by atoms with Crippen LogP contribution < -0.4 is 0 Å². The van der Waals surface area contributed by atoms with E-state index in [1.54, 1.807) is 11.1 Å². The van der Waals surface area contributed by atoms with Crippen LogP contribution in [-0.2, 0) is 0 Å². The summed E-state index contributed by atoms with van der Waals surface area (Å²) in [6.45, 7) is 24.5. The molecule has 0 rings (SSSR count). The van der Waals surface area contributed by atoms with Crippen molar-refractivity contribution >= 4 is 28.7 Å². The number of rotatable bonds is 8. The zero-order valence-electron chi connectivity index (χ0n) is 15.7. The summed E-state index contributed by atoms with van der Waals surface area (Å²) >= 11 is -1.84. The second-order valence-corrected chi connectivity index (χ2v) is 23.7. The number of allylic oxidation sites excluding steroid dienone is 2. The summed E-state index contributed by atoms with van der Waals surface area (Å²) in [6, 6.07) is 0. The van der Waals surface area contributed by atoms with E-state index >= 15 is 0 Å². The third kappa shape index (κ3) is 7.20. The molecule has 0 bridgehead atoms. The molecule has 0 fully saturated rings. The van der Waals surface area contributed by atoms with Crippen LogP contribution in [0.2, 0.25) is 29.5 Å². The van der Waals surface area contributed by atoms with E-state index in [0.29, 0.717) is 0 Å². The molecule has 0 aromatic carbocycles. The fraction of sp³-hybridized carbons (Fsp3) is 0.889. The summed E-state index contributed by atoms with van der Waals surface area (Å²) < 4.78 is 3.85. The molecule has 0 aromatic heterocycles. The van der Waals surface area contributed by atoms with Gasteiger partial charge in [0.25, 0.3) is 0 Å².